The van der Waals surface area contributed by atoms with E-state index in [1.54, 1.807) is 11.4 Å². The van der Waals surface area contributed by atoms with Crippen LogP contribution in [0.1, 0.15) is 15.9 Å². The van der Waals surface area contributed by atoms with Gasteiger partial charge in [-0.2, -0.15) is 0 Å². The number of halogens is 1. The smallest absolute Gasteiger partial charge is 0.338 e. The highest BCUT2D eigenvalue weighted by molar-refractivity contribution is 7.14. The first-order valence-electron chi connectivity index (χ1n) is 5.61. The van der Waals surface area contributed by atoms with Gasteiger partial charge in [0.2, 0.25) is 5.91 Å². The lowest BCUT2D eigenvalue weighted by atomic mass is 10.2. The number of carbonyl (C=O) groups is 2. The van der Waals surface area contributed by atoms with Crippen molar-refractivity contribution in [2.75, 3.05) is 5.32 Å². The second-order valence-electron chi connectivity index (χ2n) is 3.85. The van der Waals surface area contributed by atoms with Crippen LogP contribution in [0.2, 0.25) is 0 Å². The maximum atomic E-state index is 12.9. The van der Waals surface area contributed by atoms with Gasteiger partial charge in [0.15, 0.2) is 0 Å². The molecule has 2 N–H and O–H groups in total. The molecule has 0 saturated carbocycles. The van der Waals surface area contributed by atoms with Crippen LogP contribution in [0.3, 0.4) is 0 Å². The Balaban J connectivity index is 2.06. The zero-order chi connectivity index (χ0) is 14.5. The molecule has 0 aliphatic carbocycles. The molecule has 0 aliphatic heterocycles. The summed E-state index contributed by atoms with van der Waals surface area (Å²) in [4.78, 5) is 22.5. The lowest BCUT2D eigenvalue weighted by Gasteiger charge is -2.00. The molecule has 6 heteroatoms. The number of carboxylic acid groups (broad SMARTS) is 1. The van der Waals surface area contributed by atoms with Gasteiger partial charge in [-0.25, -0.2) is 9.18 Å². The van der Waals surface area contributed by atoms with Crippen LogP contribution >= 0.6 is 11.3 Å². The molecule has 1 heterocycles. The fraction of sp³-hybridized carbons (Fsp3) is 0. The zero-order valence-electron chi connectivity index (χ0n) is 10.2. The standard InChI is InChI=1S/C14H10FNO3S/c15-10-3-1-2-9(8-10)4-5-12(17)16-13-11(14(18)19)6-7-20-13/h1-8H,(H,16,17)(H,18,19)/b5-4+. The molecule has 1 amide bonds. The van der Waals surface area contributed by atoms with Gasteiger partial charge in [0.05, 0.1) is 5.56 Å². The van der Waals surface area contributed by atoms with Gasteiger partial charge in [0, 0.05) is 6.08 Å². The Morgan fingerprint density at radius 2 is 2.10 bits per heavy atom. The van der Waals surface area contributed by atoms with Gasteiger partial charge in [0.1, 0.15) is 10.8 Å². The molecule has 2 aromatic rings. The average molecular weight is 291 g/mol. The van der Waals surface area contributed by atoms with E-state index in [0.29, 0.717) is 5.56 Å². The number of benzene rings is 1. The van der Waals surface area contributed by atoms with E-state index in [9.17, 15) is 14.0 Å². The number of aromatic carboxylic acids is 1. The first-order chi connectivity index (χ1) is 9.56. The molecule has 0 radical (unpaired) electrons. The van der Waals surface area contributed by atoms with E-state index < -0.39 is 11.9 Å². The Labute approximate surface area is 118 Å². The first kappa shape index (κ1) is 14.0. The molecule has 20 heavy (non-hydrogen) atoms. The number of carbonyl (C=O) groups excluding carboxylic acids is 1. The Hall–Kier alpha value is -2.47. The zero-order valence-corrected chi connectivity index (χ0v) is 11.0. The van der Waals surface area contributed by atoms with Crippen LogP contribution in [0.5, 0.6) is 0 Å². The summed E-state index contributed by atoms with van der Waals surface area (Å²) in [6.45, 7) is 0. The summed E-state index contributed by atoms with van der Waals surface area (Å²) >= 11 is 1.12. The number of thiophene rings is 1. The van der Waals surface area contributed by atoms with Gasteiger partial charge in [-0.05, 0) is 35.2 Å². The molecule has 0 fully saturated rings. The maximum Gasteiger partial charge on any atom is 0.338 e. The summed E-state index contributed by atoms with van der Waals surface area (Å²) in [6.07, 6.45) is 2.67. The van der Waals surface area contributed by atoms with Gasteiger partial charge < -0.3 is 10.4 Å². The topological polar surface area (TPSA) is 66.4 Å². The summed E-state index contributed by atoms with van der Waals surface area (Å²) < 4.78 is 12.9. The summed E-state index contributed by atoms with van der Waals surface area (Å²) in [5.74, 6) is -1.96. The quantitative estimate of drug-likeness (QED) is 0.850. The maximum absolute atomic E-state index is 12.9. The Bertz CT molecular complexity index is 679. The summed E-state index contributed by atoms with van der Waals surface area (Å²) in [5, 5.41) is 13.2. The number of rotatable bonds is 4. The second kappa shape index (κ2) is 6.12. The van der Waals surface area contributed by atoms with Gasteiger partial charge >= 0.3 is 5.97 Å². The van der Waals surface area contributed by atoms with E-state index in [4.69, 9.17) is 5.11 Å². The molecule has 1 aromatic heterocycles. The second-order valence-corrected chi connectivity index (χ2v) is 4.76. The molecular weight excluding hydrogens is 281 g/mol. The molecule has 2 rings (SSSR count). The van der Waals surface area contributed by atoms with Gasteiger partial charge in [-0.3, -0.25) is 4.79 Å². The molecule has 0 aliphatic rings. The van der Waals surface area contributed by atoms with E-state index >= 15 is 0 Å². The molecule has 0 bridgehead atoms. The summed E-state index contributed by atoms with van der Waals surface area (Å²) in [7, 11) is 0. The molecule has 0 atom stereocenters. The van der Waals surface area contributed by atoms with Crippen LogP contribution in [0.15, 0.2) is 41.8 Å². The third kappa shape index (κ3) is 3.52. The molecular formula is C14H10FNO3S. The number of nitrogens with one attached hydrogen (secondary N) is 1. The van der Waals surface area contributed by atoms with E-state index in [1.807, 2.05) is 0 Å². The van der Waals surface area contributed by atoms with Crippen LogP contribution in [0.4, 0.5) is 9.39 Å². The van der Waals surface area contributed by atoms with E-state index in [0.717, 1.165) is 11.3 Å². The van der Waals surface area contributed by atoms with Crippen molar-refractivity contribution in [2.24, 2.45) is 0 Å². The monoisotopic (exact) mass is 291 g/mol. The summed E-state index contributed by atoms with van der Waals surface area (Å²) in [6, 6.07) is 7.20. The number of anilines is 1. The molecule has 102 valence electrons. The number of amides is 1. The van der Waals surface area contributed by atoms with Gasteiger partial charge in [-0.15, -0.1) is 11.3 Å². The van der Waals surface area contributed by atoms with Gasteiger partial charge in [-0.1, -0.05) is 12.1 Å². The molecule has 0 unspecified atom stereocenters. The Morgan fingerprint density at radius 1 is 1.30 bits per heavy atom. The molecule has 1 aromatic carbocycles. The van der Waals surface area contributed by atoms with Crippen molar-refractivity contribution in [1.29, 1.82) is 0 Å². The van der Waals surface area contributed by atoms with Crippen LogP contribution < -0.4 is 5.32 Å². The van der Waals surface area contributed by atoms with Crippen molar-refractivity contribution < 1.29 is 19.1 Å². The molecule has 0 saturated heterocycles. The van der Waals surface area contributed by atoms with E-state index in [-0.39, 0.29) is 16.4 Å². The van der Waals surface area contributed by atoms with Crippen LogP contribution in [-0.2, 0) is 4.79 Å². The van der Waals surface area contributed by atoms with Crippen molar-refractivity contribution in [3.63, 3.8) is 0 Å². The third-order valence-corrected chi connectivity index (χ3v) is 3.24. The highest BCUT2D eigenvalue weighted by Gasteiger charge is 2.12. The van der Waals surface area contributed by atoms with Crippen LogP contribution in [0.25, 0.3) is 6.08 Å². The predicted molar refractivity (Wildman–Crippen MR) is 75.3 cm³/mol. The fourth-order valence-electron chi connectivity index (χ4n) is 1.51. The lowest BCUT2D eigenvalue weighted by Crippen LogP contribution is -2.09. The number of hydrogen-bond acceptors (Lipinski definition) is 3. The third-order valence-electron chi connectivity index (χ3n) is 2.41. The average Bonchev–Trinajstić information content (AvgIpc) is 2.85. The minimum absolute atomic E-state index is 0.0440. The normalized spacial score (nSPS) is 10.7. The minimum Gasteiger partial charge on any atom is -0.478 e. The van der Waals surface area contributed by atoms with E-state index in [1.165, 1.54) is 36.4 Å². The SMILES string of the molecule is O=C(/C=C/c1cccc(F)c1)Nc1sccc1C(=O)O. The molecule has 0 spiro atoms. The van der Waals surface area contributed by atoms with E-state index in [2.05, 4.69) is 5.32 Å². The highest BCUT2D eigenvalue weighted by Crippen LogP contribution is 2.23. The number of carboxylic acids is 1. The predicted octanol–water partition coefficient (Wildman–Crippen LogP) is 3.24. The Morgan fingerprint density at radius 3 is 2.80 bits per heavy atom. The highest BCUT2D eigenvalue weighted by atomic mass is 32.1. The van der Waals surface area contributed by atoms with Crippen molar-refractivity contribution in [2.45, 2.75) is 0 Å². The minimum atomic E-state index is -1.10. The molecule has 4 nitrogen and oxygen atoms in total. The van der Waals surface area contributed by atoms with Crippen molar-refractivity contribution in [3.8, 4) is 0 Å². The summed E-state index contributed by atoms with van der Waals surface area (Å²) in [5.41, 5.74) is 0.590. The van der Waals surface area contributed by atoms with Crippen molar-refractivity contribution in [1.82, 2.24) is 0 Å². The fourth-order valence-corrected chi connectivity index (χ4v) is 2.29. The van der Waals surface area contributed by atoms with Crippen LogP contribution in [-0.4, -0.2) is 17.0 Å². The van der Waals surface area contributed by atoms with Gasteiger partial charge in [0.25, 0.3) is 0 Å². The van der Waals surface area contributed by atoms with Crippen LogP contribution in [0, 0.1) is 5.82 Å². The lowest BCUT2D eigenvalue weighted by molar-refractivity contribution is -0.111. The largest absolute Gasteiger partial charge is 0.478 e. The Kier molecular flexibility index (Phi) is 4.27. The number of hydrogen-bond donors (Lipinski definition) is 2. The van der Waals surface area contributed by atoms with Crippen molar-refractivity contribution >= 4 is 34.3 Å². The first-order valence-corrected chi connectivity index (χ1v) is 6.49. The van der Waals surface area contributed by atoms with Crippen molar-refractivity contribution in [3.05, 3.63) is 58.7 Å².